The minimum absolute atomic E-state index is 0.151. The second-order valence-corrected chi connectivity index (χ2v) is 4.25. The average molecular weight is 222 g/mol. The van der Waals surface area contributed by atoms with Gasteiger partial charge < -0.3 is 11.1 Å². The Bertz CT molecular complexity index is 394. The van der Waals surface area contributed by atoms with Gasteiger partial charge >= 0.3 is 0 Å². The number of carbonyl (C=O) groups is 1. The zero-order valence-electron chi connectivity index (χ0n) is 8.95. The molecule has 1 heterocycles. The number of piperidine rings is 1. The number of amides is 1. The molecule has 1 saturated heterocycles. The summed E-state index contributed by atoms with van der Waals surface area (Å²) in [6, 6.07) is 6.53. The molecule has 3 N–H and O–H groups in total. The molecule has 0 saturated carbocycles. The van der Waals surface area contributed by atoms with E-state index in [2.05, 4.69) is 5.32 Å². The molecule has 0 bridgehead atoms. The van der Waals surface area contributed by atoms with Crippen LogP contribution in [0.5, 0.6) is 0 Å². The summed E-state index contributed by atoms with van der Waals surface area (Å²) >= 11 is 0. The maximum absolute atomic E-state index is 13.1. The first kappa shape index (κ1) is 11.1. The van der Waals surface area contributed by atoms with Crippen LogP contribution in [0.25, 0.3) is 0 Å². The van der Waals surface area contributed by atoms with Gasteiger partial charge in [0.25, 0.3) is 0 Å². The molecule has 2 rings (SSSR count). The second kappa shape index (κ2) is 4.61. The Hall–Kier alpha value is -1.42. The van der Waals surface area contributed by atoms with Crippen LogP contribution >= 0.6 is 0 Å². The highest BCUT2D eigenvalue weighted by atomic mass is 19.1. The third kappa shape index (κ3) is 2.39. The molecule has 86 valence electrons. The molecule has 16 heavy (non-hydrogen) atoms. The first-order valence-corrected chi connectivity index (χ1v) is 5.42. The molecular formula is C12H15FN2O. The number of hydrogen-bond acceptors (Lipinski definition) is 2. The van der Waals surface area contributed by atoms with Crippen LogP contribution < -0.4 is 11.1 Å². The van der Waals surface area contributed by atoms with Crippen LogP contribution in [0, 0.1) is 11.7 Å². The van der Waals surface area contributed by atoms with Crippen LogP contribution in [0.1, 0.15) is 17.9 Å². The van der Waals surface area contributed by atoms with Gasteiger partial charge in [0.2, 0.25) is 5.91 Å². The Labute approximate surface area is 93.8 Å². The van der Waals surface area contributed by atoms with Crippen LogP contribution in [0.2, 0.25) is 0 Å². The number of carbonyl (C=O) groups excluding carboxylic acids is 1. The van der Waals surface area contributed by atoms with Crippen molar-refractivity contribution in [3.63, 3.8) is 0 Å². The van der Waals surface area contributed by atoms with Gasteiger partial charge in [-0.25, -0.2) is 4.39 Å². The van der Waals surface area contributed by atoms with Gasteiger partial charge in [-0.05, 0) is 30.0 Å². The lowest BCUT2D eigenvalue weighted by atomic mass is 9.85. The Balaban J connectivity index is 2.12. The van der Waals surface area contributed by atoms with Crippen molar-refractivity contribution in [2.24, 2.45) is 11.7 Å². The van der Waals surface area contributed by atoms with Gasteiger partial charge in [0.1, 0.15) is 5.82 Å². The molecule has 0 spiro atoms. The van der Waals surface area contributed by atoms with Crippen LogP contribution in [0.15, 0.2) is 24.3 Å². The normalized spacial score (nSPS) is 25.3. The molecule has 0 radical (unpaired) electrons. The Morgan fingerprint density at radius 3 is 2.94 bits per heavy atom. The van der Waals surface area contributed by atoms with Crippen LogP contribution in [-0.2, 0) is 4.79 Å². The summed E-state index contributed by atoms with van der Waals surface area (Å²) in [5, 5.41) is 3.16. The van der Waals surface area contributed by atoms with Crippen molar-refractivity contribution in [1.29, 1.82) is 0 Å². The van der Waals surface area contributed by atoms with Gasteiger partial charge in [0.15, 0.2) is 0 Å². The maximum atomic E-state index is 13.1. The third-order valence-electron chi connectivity index (χ3n) is 3.07. The summed E-state index contributed by atoms with van der Waals surface area (Å²) in [7, 11) is 0. The highest BCUT2D eigenvalue weighted by Gasteiger charge is 2.26. The van der Waals surface area contributed by atoms with Gasteiger partial charge in [-0.3, -0.25) is 4.79 Å². The fourth-order valence-electron chi connectivity index (χ4n) is 2.17. The summed E-state index contributed by atoms with van der Waals surface area (Å²) in [6.45, 7) is 1.40. The number of nitrogens with two attached hydrogens (primary N) is 1. The molecule has 0 aliphatic carbocycles. The Morgan fingerprint density at radius 1 is 1.44 bits per heavy atom. The summed E-state index contributed by atoms with van der Waals surface area (Å²) in [4.78, 5) is 11.1. The number of halogens is 1. The molecule has 4 heteroatoms. The van der Waals surface area contributed by atoms with E-state index in [-0.39, 0.29) is 23.6 Å². The van der Waals surface area contributed by atoms with Crippen molar-refractivity contribution >= 4 is 5.91 Å². The topological polar surface area (TPSA) is 55.1 Å². The molecule has 1 aromatic carbocycles. The number of primary amides is 1. The molecule has 1 fully saturated rings. The van der Waals surface area contributed by atoms with E-state index in [1.165, 1.54) is 12.1 Å². The van der Waals surface area contributed by atoms with Gasteiger partial charge in [-0.2, -0.15) is 0 Å². The smallest absolute Gasteiger partial charge is 0.221 e. The fraction of sp³-hybridized carbons (Fsp3) is 0.417. The molecule has 1 aliphatic heterocycles. The maximum Gasteiger partial charge on any atom is 0.221 e. The standard InChI is InChI=1S/C12H15FN2O/c13-11-3-1-2-8(5-11)9-4-10(12(14)16)7-15-6-9/h1-3,5,9-10,15H,4,6-7H2,(H2,14,16)/t9-,10+/m0/s1. The largest absolute Gasteiger partial charge is 0.369 e. The van der Waals surface area contributed by atoms with Crippen molar-refractivity contribution in [3.05, 3.63) is 35.6 Å². The van der Waals surface area contributed by atoms with E-state index >= 15 is 0 Å². The first-order chi connectivity index (χ1) is 7.66. The highest BCUT2D eigenvalue weighted by Crippen LogP contribution is 2.26. The van der Waals surface area contributed by atoms with Crippen LogP contribution in [0.4, 0.5) is 4.39 Å². The number of rotatable bonds is 2. The molecule has 2 atom stereocenters. The summed E-state index contributed by atoms with van der Waals surface area (Å²) in [6.07, 6.45) is 0.700. The molecule has 3 nitrogen and oxygen atoms in total. The minimum Gasteiger partial charge on any atom is -0.369 e. The zero-order chi connectivity index (χ0) is 11.5. The average Bonchev–Trinajstić information content (AvgIpc) is 2.29. The highest BCUT2D eigenvalue weighted by molar-refractivity contribution is 5.77. The number of benzene rings is 1. The predicted octanol–water partition coefficient (Wildman–Crippen LogP) is 1.00. The second-order valence-electron chi connectivity index (χ2n) is 4.25. The summed E-state index contributed by atoms with van der Waals surface area (Å²) in [5.74, 6) is -0.503. The molecular weight excluding hydrogens is 207 g/mol. The lowest BCUT2D eigenvalue weighted by Crippen LogP contribution is -2.41. The molecule has 1 aromatic rings. The zero-order valence-corrected chi connectivity index (χ0v) is 8.95. The molecule has 0 aromatic heterocycles. The van der Waals surface area contributed by atoms with E-state index in [1.807, 2.05) is 6.07 Å². The van der Waals surface area contributed by atoms with E-state index in [9.17, 15) is 9.18 Å². The molecule has 1 aliphatic rings. The van der Waals surface area contributed by atoms with Crippen molar-refractivity contribution < 1.29 is 9.18 Å². The van der Waals surface area contributed by atoms with Crippen LogP contribution in [-0.4, -0.2) is 19.0 Å². The van der Waals surface area contributed by atoms with Crippen LogP contribution in [0.3, 0.4) is 0 Å². The van der Waals surface area contributed by atoms with Crippen molar-refractivity contribution in [1.82, 2.24) is 5.32 Å². The van der Waals surface area contributed by atoms with E-state index in [0.717, 1.165) is 12.1 Å². The monoisotopic (exact) mass is 222 g/mol. The molecule has 1 amide bonds. The van der Waals surface area contributed by atoms with Crippen molar-refractivity contribution in [3.8, 4) is 0 Å². The third-order valence-corrected chi connectivity index (χ3v) is 3.07. The molecule has 0 unspecified atom stereocenters. The Morgan fingerprint density at radius 2 is 2.25 bits per heavy atom. The predicted molar refractivity (Wildman–Crippen MR) is 59.3 cm³/mol. The van der Waals surface area contributed by atoms with E-state index in [1.54, 1.807) is 6.07 Å². The Kier molecular flexibility index (Phi) is 3.19. The van der Waals surface area contributed by atoms with E-state index < -0.39 is 0 Å². The van der Waals surface area contributed by atoms with Gasteiger partial charge in [-0.1, -0.05) is 12.1 Å². The SMILES string of the molecule is NC(=O)[C@H]1CNC[C@@H](c2cccc(F)c2)C1. The first-order valence-electron chi connectivity index (χ1n) is 5.42. The number of nitrogens with one attached hydrogen (secondary N) is 1. The summed E-state index contributed by atoms with van der Waals surface area (Å²) < 4.78 is 13.1. The van der Waals surface area contributed by atoms with Gasteiger partial charge in [0, 0.05) is 13.1 Å². The van der Waals surface area contributed by atoms with Gasteiger partial charge in [-0.15, -0.1) is 0 Å². The lowest BCUT2D eigenvalue weighted by Gasteiger charge is -2.28. The quantitative estimate of drug-likeness (QED) is 0.784. The van der Waals surface area contributed by atoms with Crippen molar-refractivity contribution in [2.75, 3.05) is 13.1 Å². The fourth-order valence-corrected chi connectivity index (χ4v) is 2.17. The van der Waals surface area contributed by atoms with Crippen molar-refractivity contribution in [2.45, 2.75) is 12.3 Å². The van der Waals surface area contributed by atoms with Gasteiger partial charge in [0.05, 0.1) is 5.92 Å². The lowest BCUT2D eigenvalue weighted by molar-refractivity contribution is -0.122. The van der Waals surface area contributed by atoms with E-state index in [0.29, 0.717) is 13.0 Å². The number of hydrogen-bond donors (Lipinski definition) is 2. The van der Waals surface area contributed by atoms with E-state index in [4.69, 9.17) is 5.73 Å². The summed E-state index contributed by atoms with van der Waals surface area (Å²) in [5.41, 5.74) is 6.21. The minimum atomic E-state index is -0.284.